The zero-order valence-electron chi connectivity index (χ0n) is 16.6. The molecular formula is C20H23N3O6. The van der Waals surface area contributed by atoms with Crippen LogP contribution >= 0.6 is 0 Å². The maximum Gasteiger partial charge on any atom is 0.274 e. The Morgan fingerprint density at radius 3 is 2.48 bits per heavy atom. The van der Waals surface area contributed by atoms with E-state index in [1.807, 2.05) is 0 Å². The third-order valence-electron chi connectivity index (χ3n) is 4.63. The Labute approximate surface area is 167 Å². The first-order valence-corrected chi connectivity index (χ1v) is 9.05. The molecule has 1 saturated heterocycles. The summed E-state index contributed by atoms with van der Waals surface area (Å²) in [6, 6.07) is 6.13. The fourth-order valence-electron chi connectivity index (χ4n) is 3.04. The molecule has 1 N–H and O–H groups in total. The minimum Gasteiger partial charge on any atom is -0.497 e. The molecule has 9 heteroatoms. The number of carbonyl (C=O) groups is 2. The Morgan fingerprint density at radius 1 is 1.10 bits per heavy atom. The summed E-state index contributed by atoms with van der Waals surface area (Å²) >= 11 is 0. The number of nitrogens with one attached hydrogen (secondary N) is 1. The van der Waals surface area contributed by atoms with Crippen molar-refractivity contribution in [3.8, 4) is 11.5 Å². The summed E-state index contributed by atoms with van der Waals surface area (Å²) in [6.45, 7) is 1.90. The number of hydrogen-bond acceptors (Lipinski definition) is 6. The summed E-state index contributed by atoms with van der Waals surface area (Å²) in [4.78, 5) is 39.6. The lowest BCUT2D eigenvalue weighted by Gasteiger charge is -2.27. The second-order valence-corrected chi connectivity index (χ2v) is 6.48. The van der Waals surface area contributed by atoms with Crippen LogP contribution in [0.25, 0.3) is 0 Å². The third-order valence-corrected chi connectivity index (χ3v) is 4.63. The lowest BCUT2D eigenvalue weighted by molar-refractivity contribution is 0.0302. The molecule has 1 aromatic carbocycles. The number of anilines is 1. The van der Waals surface area contributed by atoms with Crippen LogP contribution < -0.4 is 20.3 Å². The number of pyridine rings is 1. The average Bonchev–Trinajstić information content (AvgIpc) is 2.76. The summed E-state index contributed by atoms with van der Waals surface area (Å²) in [6.07, 6.45) is 1.46. The highest BCUT2D eigenvalue weighted by atomic mass is 16.5. The van der Waals surface area contributed by atoms with Crippen molar-refractivity contribution in [2.24, 2.45) is 7.05 Å². The number of carbonyl (C=O) groups excluding carboxylic acids is 2. The predicted molar refractivity (Wildman–Crippen MR) is 106 cm³/mol. The van der Waals surface area contributed by atoms with E-state index in [0.717, 1.165) is 0 Å². The largest absolute Gasteiger partial charge is 0.497 e. The number of aryl methyl sites for hydroxylation is 1. The number of hydrogen-bond donors (Lipinski definition) is 1. The van der Waals surface area contributed by atoms with E-state index in [1.54, 1.807) is 23.1 Å². The van der Waals surface area contributed by atoms with Gasteiger partial charge in [-0.1, -0.05) is 0 Å². The number of rotatable bonds is 5. The van der Waals surface area contributed by atoms with Crippen LogP contribution in [0.3, 0.4) is 0 Å². The van der Waals surface area contributed by atoms with E-state index in [2.05, 4.69) is 5.32 Å². The molecule has 9 nitrogen and oxygen atoms in total. The van der Waals surface area contributed by atoms with Crippen LogP contribution in [0.4, 0.5) is 5.69 Å². The van der Waals surface area contributed by atoms with Gasteiger partial charge in [0.25, 0.3) is 17.4 Å². The van der Waals surface area contributed by atoms with E-state index >= 15 is 0 Å². The molecule has 0 atom stereocenters. The number of nitrogens with zero attached hydrogens (tertiary/aromatic N) is 2. The SMILES string of the molecule is COc1ccc(C(=O)Nc2cc(C(=O)N3CCOCC3)cn(C)c2=O)c(OC)c1. The molecular weight excluding hydrogens is 378 g/mol. The van der Waals surface area contributed by atoms with Gasteiger partial charge in [0.2, 0.25) is 0 Å². The quantitative estimate of drug-likeness (QED) is 0.806. The standard InChI is InChI=1S/C20H23N3O6/c1-22-12-13(19(25)23-6-8-29-9-7-23)10-16(20(22)26)21-18(24)15-5-4-14(27-2)11-17(15)28-3/h4-5,10-12H,6-9H2,1-3H3,(H,21,24). The molecule has 1 fully saturated rings. The zero-order valence-corrected chi connectivity index (χ0v) is 16.6. The Kier molecular flexibility index (Phi) is 6.18. The van der Waals surface area contributed by atoms with Gasteiger partial charge in [-0.15, -0.1) is 0 Å². The van der Waals surface area contributed by atoms with Crippen molar-refractivity contribution in [3.63, 3.8) is 0 Å². The van der Waals surface area contributed by atoms with Gasteiger partial charge in [0.15, 0.2) is 0 Å². The summed E-state index contributed by atoms with van der Waals surface area (Å²) in [5.41, 5.74) is 0.130. The summed E-state index contributed by atoms with van der Waals surface area (Å²) < 4.78 is 16.9. The molecule has 1 aromatic heterocycles. The monoisotopic (exact) mass is 401 g/mol. The van der Waals surface area contributed by atoms with Crippen molar-refractivity contribution in [3.05, 3.63) is 51.9 Å². The third kappa shape index (κ3) is 4.40. The Balaban J connectivity index is 1.89. The number of benzene rings is 1. The first-order chi connectivity index (χ1) is 13.9. The summed E-state index contributed by atoms with van der Waals surface area (Å²) in [5, 5.41) is 2.59. The first-order valence-electron chi connectivity index (χ1n) is 9.05. The fraction of sp³-hybridized carbons (Fsp3) is 0.350. The van der Waals surface area contributed by atoms with Gasteiger partial charge in [0.1, 0.15) is 17.2 Å². The van der Waals surface area contributed by atoms with Gasteiger partial charge in [0, 0.05) is 32.4 Å². The van der Waals surface area contributed by atoms with Gasteiger partial charge in [-0.2, -0.15) is 0 Å². The first kappa shape index (κ1) is 20.4. The average molecular weight is 401 g/mol. The van der Waals surface area contributed by atoms with Crippen molar-refractivity contribution in [1.29, 1.82) is 0 Å². The van der Waals surface area contributed by atoms with Gasteiger partial charge in [-0.3, -0.25) is 14.4 Å². The minimum absolute atomic E-state index is 0.00878. The molecule has 0 unspecified atom stereocenters. The second kappa shape index (κ2) is 8.78. The number of ether oxygens (including phenoxy) is 3. The molecule has 0 saturated carbocycles. The van der Waals surface area contributed by atoms with Crippen LogP contribution in [-0.2, 0) is 11.8 Å². The molecule has 1 aliphatic rings. The van der Waals surface area contributed by atoms with Crippen molar-refractivity contribution in [2.45, 2.75) is 0 Å². The molecule has 2 heterocycles. The maximum atomic E-state index is 12.8. The Morgan fingerprint density at radius 2 is 1.83 bits per heavy atom. The molecule has 0 radical (unpaired) electrons. The molecule has 154 valence electrons. The Bertz CT molecular complexity index is 979. The highest BCUT2D eigenvalue weighted by Gasteiger charge is 2.21. The van der Waals surface area contributed by atoms with E-state index in [0.29, 0.717) is 43.4 Å². The maximum absolute atomic E-state index is 12.8. The summed E-state index contributed by atoms with van der Waals surface area (Å²) in [7, 11) is 4.48. The number of morpholine rings is 1. The van der Waals surface area contributed by atoms with E-state index in [4.69, 9.17) is 14.2 Å². The van der Waals surface area contributed by atoms with E-state index < -0.39 is 11.5 Å². The van der Waals surface area contributed by atoms with Crippen LogP contribution in [0.15, 0.2) is 35.3 Å². The van der Waals surface area contributed by atoms with Crippen LogP contribution in [0, 0.1) is 0 Å². The lowest BCUT2D eigenvalue weighted by Crippen LogP contribution is -2.41. The number of methoxy groups -OCH3 is 2. The molecule has 0 bridgehead atoms. The van der Waals surface area contributed by atoms with Gasteiger partial charge >= 0.3 is 0 Å². The van der Waals surface area contributed by atoms with Crippen molar-refractivity contribution >= 4 is 17.5 Å². The van der Waals surface area contributed by atoms with Gasteiger partial charge in [-0.05, 0) is 18.2 Å². The summed E-state index contributed by atoms with van der Waals surface area (Å²) in [5.74, 6) is 0.0886. The predicted octanol–water partition coefficient (Wildman–Crippen LogP) is 1.13. The molecule has 0 spiro atoms. The van der Waals surface area contributed by atoms with Gasteiger partial charge in [-0.25, -0.2) is 0 Å². The van der Waals surface area contributed by atoms with Crippen LogP contribution in [0.2, 0.25) is 0 Å². The van der Waals surface area contributed by atoms with Crippen LogP contribution in [0.1, 0.15) is 20.7 Å². The zero-order chi connectivity index (χ0) is 21.0. The van der Waals surface area contributed by atoms with E-state index in [1.165, 1.54) is 38.1 Å². The van der Waals surface area contributed by atoms with Crippen molar-refractivity contribution < 1.29 is 23.8 Å². The fourth-order valence-corrected chi connectivity index (χ4v) is 3.04. The molecule has 2 amide bonds. The highest BCUT2D eigenvalue weighted by molar-refractivity contribution is 6.06. The molecule has 0 aliphatic carbocycles. The smallest absolute Gasteiger partial charge is 0.274 e. The normalized spacial score (nSPS) is 13.7. The number of amides is 2. The van der Waals surface area contributed by atoms with Crippen LogP contribution in [-0.4, -0.2) is 61.8 Å². The number of aromatic nitrogens is 1. The molecule has 3 rings (SSSR count). The highest BCUT2D eigenvalue weighted by Crippen LogP contribution is 2.25. The Hall–Kier alpha value is -3.33. The van der Waals surface area contributed by atoms with E-state index in [-0.39, 0.29) is 17.2 Å². The lowest BCUT2D eigenvalue weighted by atomic mass is 10.1. The minimum atomic E-state index is -0.530. The second-order valence-electron chi connectivity index (χ2n) is 6.48. The molecule has 1 aliphatic heterocycles. The van der Waals surface area contributed by atoms with Gasteiger partial charge < -0.3 is 29.0 Å². The van der Waals surface area contributed by atoms with Gasteiger partial charge in [0.05, 0.1) is 38.6 Å². The topological polar surface area (TPSA) is 99.1 Å². The van der Waals surface area contributed by atoms with Crippen molar-refractivity contribution in [1.82, 2.24) is 9.47 Å². The van der Waals surface area contributed by atoms with Crippen LogP contribution in [0.5, 0.6) is 11.5 Å². The van der Waals surface area contributed by atoms with E-state index in [9.17, 15) is 14.4 Å². The molecule has 2 aromatic rings. The van der Waals surface area contributed by atoms with Crippen molar-refractivity contribution in [2.75, 3.05) is 45.8 Å². The molecule has 29 heavy (non-hydrogen) atoms.